The van der Waals surface area contributed by atoms with Gasteiger partial charge in [-0.1, -0.05) is 72.7 Å². The van der Waals surface area contributed by atoms with Crippen LogP contribution in [0.3, 0.4) is 0 Å². The van der Waals surface area contributed by atoms with E-state index in [1.54, 1.807) is 6.92 Å². The molecular weight excluding hydrogens is 544 g/mol. The average Bonchev–Trinajstić information content (AvgIpc) is 2.90. The zero-order valence-corrected chi connectivity index (χ0v) is 26.3. The van der Waals surface area contributed by atoms with E-state index in [0.29, 0.717) is 23.5 Å². The van der Waals surface area contributed by atoms with Gasteiger partial charge in [-0.25, -0.2) is 0 Å². The Morgan fingerprint density at radius 1 is 1.02 bits per heavy atom. The lowest BCUT2D eigenvalue weighted by Crippen LogP contribution is -2.67. The number of aliphatic hydroxyl groups excluding tert-OH is 2. The Morgan fingerprint density at radius 2 is 1.63 bits per heavy atom. The van der Waals surface area contributed by atoms with Gasteiger partial charge in [-0.2, -0.15) is 0 Å². The number of aromatic hydroxyl groups is 1. The predicted octanol–water partition coefficient (Wildman–Crippen LogP) is 6.70. The summed E-state index contributed by atoms with van der Waals surface area (Å²) in [6, 6.07) is 10.0. The van der Waals surface area contributed by atoms with Crippen molar-refractivity contribution in [2.24, 2.45) is 22.7 Å². The van der Waals surface area contributed by atoms with Gasteiger partial charge in [0.05, 0.1) is 5.56 Å². The quantitative estimate of drug-likeness (QED) is 0.287. The van der Waals surface area contributed by atoms with Crippen LogP contribution in [0, 0.1) is 22.7 Å². The number of fused-ring (bicyclic) bond motifs is 3. The predicted molar refractivity (Wildman–Crippen MR) is 164 cm³/mol. The summed E-state index contributed by atoms with van der Waals surface area (Å²) in [4.78, 5) is 41.0. The maximum atomic E-state index is 14.5. The fraction of sp³-hybridized carbons (Fsp3) is 0.472. The monoisotopic (exact) mass is 586 g/mol. The molecule has 228 valence electrons. The summed E-state index contributed by atoms with van der Waals surface area (Å²) in [5.74, 6) is -4.70. The Kier molecular flexibility index (Phi) is 7.09. The van der Waals surface area contributed by atoms with Crippen molar-refractivity contribution in [3.8, 4) is 16.9 Å². The number of aryl methyl sites for hydroxylation is 1. The van der Waals surface area contributed by atoms with Gasteiger partial charge >= 0.3 is 0 Å². The van der Waals surface area contributed by atoms with Crippen molar-refractivity contribution in [1.29, 1.82) is 0 Å². The van der Waals surface area contributed by atoms with E-state index in [1.165, 1.54) is 5.56 Å². The summed E-state index contributed by atoms with van der Waals surface area (Å²) in [5, 5.41) is 46.9. The smallest absolute Gasteiger partial charge is 0.209 e. The molecule has 0 aromatic heterocycles. The molecule has 2 aromatic rings. The van der Waals surface area contributed by atoms with Gasteiger partial charge in [0, 0.05) is 22.3 Å². The van der Waals surface area contributed by atoms with Crippen molar-refractivity contribution in [3.05, 3.63) is 75.3 Å². The van der Waals surface area contributed by atoms with Crippen LogP contribution in [0.2, 0.25) is 0 Å². The molecule has 5 rings (SSSR count). The number of phenolic OH excluding ortho intramolecular Hbond substituents is 1. The van der Waals surface area contributed by atoms with Crippen molar-refractivity contribution in [2.45, 2.75) is 86.2 Å². The molecule has 4 atom stereocenters. The maximum absolute atomic E-state index is 14.5. The van der Waals surface area contributed by atoms with Gasteiger partial charge in [-0.05, 0) is 71.9 Å². The lowest BCUT2D eigenvalue weighted by molar-refractivity contribution is -0.171. The molecule has 3 aliphatic rings. The number of ketones is 3. The highest BCUT2D eigenvalue weighted by Crippen LogP contribution is 2.65. The summed E-state index contributed by atoms with van der Waals surface area (Å²) < 4.78 is 0. The van der Waals surface area contributed by atoms with Crippen LogP contribution in [0.1, 0.15) is 94.8 Å². The Morgan fingerprint density at radius 3 is 2.14 bits per heavy atom. The van der Waals surface area contributed by atoms with E-state index in [-0.39, 0.29) is 35.6 Å². The van der Waals surface area contributed by atoms with Crippen molar-refractivity contribution in [2.75, 3.05) is 0 Å². The molecule has 0 saturated heterocycles. The summed E-state index contributed by atoms with van der Waals surface area (Å²) in [7, 11) is 0. The molecular formula is C36H42O7. The molecule has 7 heteroatoms. The fourth-order valence-corrected chi connectivity index (χ4v) is 8.43. The van der Waals surface area contributed by atoms with E-state index in [2.05, 4.69) is 26.0 Å². The molecule has 0 heterocycles. The fourth-order valence-electron chi connectivity index (χ4n) is 8.43. The number of rotatable bonds is 5. The second kappa shape index (κ2) is 9.91. The molecule has 0 spiro atoms. The number of Topliss-reactive ketones (excluding diaryl/α,β-unsaturated/α-hetero) is 3. The third kappa shape index (κ3) is 4.00. The lowest BCUT2D eigenvalue weighted by atomic mass is 9.44. The van der Waals surface area contributed by atoms with Crippen LogP contribution in [-0.2, 0) is 22.4 Å². The molecule has 1 unspecified atom stereocenters. The van der Waals surface area contributed by atoms with Gasteiger partial charge in [0.15, 0.2) is 17.2 Å². The van der Waals surface area contributed by atoms with Crippen LogP contribution in [0.25, 0.3) is 11.1 Å². The van der Waals surface area contributed by atoms with E-state index < -0.39 is 56.8 Å². The van der Waals surface area contributed by atoms with E-state index in [4.69, 9.17) is 0 Å². The van der Waals surface area contributed by atoms with Gasteiger partial charge in [0.2, 0.25) is 5.78 Å². The maximum Gasteiger partial charge on any atom is 0.209 e. The van der Waals surface area contributed by atoms with E-state index in [1.807, 2.05) is 45.9 Å². The first-order valence-corrected chi connectivity index (χ1v) is 15.1. The molecule has 7 nitrogen and oxygen atoms in total. The number of carbonyl (C=O) groups is 3. The standard InChI is InChI=1S/C36H42O7/c1-9-20-14-23(22-12-10-21(11-13-22)17(2)3)24-15-34(7)16-35(8)27(18(4)5)30(39)25(19(6)37)32(41)36(35,43)33(42)28(34)31(40)26(24)29(20)38/h10-14,17-18,27,38-39,42-43H,9,15-16H2,1-8H3/t27?,34-,35-,36+/m1/s1. The number of carbonyl (C=O) groups excluding carboxylic acids is 3. The number of hydrogen-bond donors (Lipinski definition) is 4. The molecule has 4 N–H and O–H groups in total. The van der Waals surface area contributed by atoms with Crippen LogP contribution in [0.15, 0.2) is 53.0 Å². The molecule has 43 heavy (non-hydrogen) atoms. The Labute approximate surface area is 253 Å². The van der Waals surface area contributed by atoms with Crippen LogP contribution in [-0.4, -0.2) is 43.4 Å². The van der Waals surface area contributed by atoms with Crippen LogP contribution in [0.4, 0.5) is 0 Å². The SMILES string of the molecule is CCc1cc(-c2ccc(C(C)C)cc2)c2c(c1O)C(=O)C1=C(O)[C@@]3(O)C(=O)C(C(C)=O)=C(O)C(C(C)C)[C@@]3(C)C[C@@]1(C)C2. The Bertz CT molecular complexity index is 1640. The van der Waals surface area contributed by atoms with Gasteiger partial charge in [0.25, 0.3) is 0 Å². The second-order valence-corrected chi connectivity index (χ2v) is 13.9. The summed E-state index contributed by atoms with van der Waals surface area (Å²) in [6.45, 7) is 14.4. The Balaban J connectivity index is 1.81. The first-order valence-electron chi connectivity index (χ1n) is 15.1. The molecule has 0 saturated carbocycles. The highest BCUT2D eigenvalue weighted by Gasteiger charge is 2.71. The zero-order chi connectivity index (χ0) is 32.0. The van der Waals surface area contributed by atoms with E-state index in [0.717, 1.165) is 18.1 Å². The number of aliphatic hydroxyl groups is 3. The normalized spacial score (nSPS) is 28.8. The highest BCUT2D eigenvalue weighted by molar-refractivity contribution is 6.25. The van der Waals surface area contributed by atoms with Gasteiger partial charge in [0.1, 0.15) is 22.8 Å². The van der Waals surface area contributed by atoms with Crippen LogP contribution in [0.5, 0.6) is 5.75 Å². The molecule has 0 fully saturated rings. The Hall–Kier alpha value is -3.71. The molecule has 0 radical (unpaired) electrons. The first-order chi connectivity index (χ1) is 20.0. The number of phenols is 1. The third-order valence-electron chi connectivity index (χ3n) is 10.4. The minimum atomic E-state index is -2.62. The van der Waals surface area contributed by atoms with Gasteiger partial charge < -0.3 is 20.4 Å². The van der Waals surface area contributed by atoms with Crippen molar-refractivity contribution >= 4 is 17.3 Å². The average molecular weight is 587 g/mol. The molecule has 0 bridgehead atoms. The van der Waals surface area contributed by atoms with Crippen molar-refractivity contribution < 1.29 is 34.8 Å². The molecule has 0 aliphatic heterocycles. The van der Waals surface area contributed by atoms with Crippen molar-refractivity contribution in [3.63, 3.8) is 0 Å². The minimum Gasteiger partial charge on any atom is -0.511 e. The van der Waals surface area contributed by atoms with Gasteiger partial charge in [-0.15, -0.1) is 0 Å². The first kappa shape index (κ1) is 30.7. The van der Waals surface area contributed by atoms with E-state index >= 15 is 0 Å². The zero-order valence-electron chi connectivity index (χ0n) is 26.3. The van der Waals surface area contributed by atoms with Crippen LogP contribution < -0.4 is 0 Å². The largest absolute Gasteiger partial charge is 0.511 e. The molecule has 2 aromatic carbocycles. The van der Waals surface area contributed by atoms with Crippen LogP contribution >= 0.6 is 0 Å². The number of benzene rings is 2. The highest BCUT2D eigenvalue weighted by atomic mass is 16.3. The molecule has 0 amide bonds. The summed E-state index contributed by atoms with van der Waals surface area (Å²) in [5.41, 5.74) is -1.70. The second-order valence-electron chi connectivity index (χ2n) is 13.9. The minimum absolute atomic E-state index is 0.0577. The van der Waals surface area contributed by atoms with Gasteiger partial charge in [-0.3, -0.25) is 14.4 Å². The molecule has 3 aliphatic carbocycles. The topological polar surface area (TPSA) is 132 Å². The number of hydrogen-bond acceptors (Lipinski definition) is 7. The third-order valence-corrected chi connectivity index (χ3v) is 10.4. The van der Waals surface area contributed by atoms with E-state index in [9.17, 15) is 34.8 Å². The number of allylic oxidation sites excluding steroid dienone is 2. The van der Waals surface area contributed by atoms with Crippen molar-refractivity contribution in [1.82, 2.24) is 0 Å². The summed E-state index contributed by atoms with van der Waals surface area (Å²) >= 11 is 0. The lowest BCUT2D eigenvalue weighted by Gasteiger charge is -2.59. The summed E-state index contributed by atoms with van der Waals surface area (Å²) in [6.07, 6.45) is 0.752.